The first kappa shape index (κ1) is 28.1. The number of ether oxygens (including phenoxy) is 1. The van der Waals surface area contributed by atoms with Gasteiger partial charge in [0, 0.05) is 6.08 Å². The minimum absolute atomic E-state index is 0.0730. The minimum Gasteiger partial charge on any atom is -0.460 e. The van der Waals surface area contributed by atoms with Crippen molar-refractivity contribution in [1.82, 2.24) is 0 Å². The maximum absolute atomic E-state index is 11.3. The van der Waals surface area contributed by atoms with Crippen molar-refractivity contribution in [3.05, 3.63) is 12.2 Å². The van der Waals surface area contributed by atoms with Gasteiger partial charge in [0.25, 0.3) is 0 Å². The fourth-order valence-electron chi connectivity index (χ4n) is 3.81. The van der Waals surface area contributed by atoms with Gasteiger partial charge < -0.3 is 14.3 Å². The molecule has 0 bridgehead atoms. The number of quaternary nitrogens is 1. The van der Waals surface area contributed by atoms with E-state index in [4.69, 9.17) is 4.74 Å². The molecule has 0 saturated heterocycles. The molecule has 0 aromatic carbocycles. The van der Waals surface area contributed by atoms with Gasteiger partial charge >= 0.3 is 5.97 Å². The second kappa shape index (κ2) is 19.1. The van der Waals surface area contributed by atoms with Crippen LogP contribution in [0.15, 0.2) is 12.2 Å². The van der Waals surface area contributed by atoms with E-state index in [-0.39, 0.29) is 12.6 Å². The zero-order chi connectivity index (χ0) is 21.8. The van der Waals surface area contributed by atoms with Crippen molar-refractivity contribution >= 4 is 5.97 Å². The molecule has 1 N–H and O–H groups in total. The molecule has 0 spiro atoms. The Labute approximate surface area is 181 Å². The van der Waals surface area contributed by atoms with Crippen LogP contribution in [0.3, 0.4) is 0 Å². The van der Waals surface area contributed by atoms with Crippen LogP contribution >= 0.6 is 0 Å². The molecule has 1 atom stereocenters. The molecule has 0 radical (unpaired) electrons. The van der Waals surface area contributed by atoms with E-state index < -0.39 is 6.10 Å². The molecule has 0 saturated carbocycles. The number of aliphatic hydroxyl groups is 1. The molecular weight excluding hydrogens is 362 g/mol. The van der Waals surface area contributed by atoms with Gasteiger partial charge in [0.05, 0.1) is 20.6 Å². The van der Waals surface area contributed by atoms with Crippen LogP contribution in [0.5, 0.6) is 0 Å². The Balaban J connectivity index is 3.51. The Kier molecular flexibility index (Phi) is 18.5. The monoisotopic (exact) mass is 412 g/mol. The van der Waals surface area contributed by atoms with Crippen molar-refractivity contribution in [2.45, 2.75) is 110 Å². The number of likely N-dealkylation sites (N-methyl/N-ethyl adjacent to an activating group) is 1. The number of esters is 1. The second-order valence-electron chi connectivity index (χ2n) is 9.22. The lowest BCUT2D eigenvalue weighted by Crippen LogP contribution is -2.47. The summed E-state index contributed by atoms with van der Waals surface area (Å²) in [5.74, 6) is -0.385. The average Bonchev–Trinajstić information content (AvgIpc) is 2.66. The summed E-state index contributed by atoms with van der Waals surface area (Å²) in [6.07, 6.45) is 21.6. The highest BCUT2D eigenvalue weighted by Gasteiger charge is 2.21. The van der Waals surface area contributed by atoms with Crippen molar-refractivity contribution in [3.63, 3.8) is 0 Å². The topological polar surface area (TPSA) is 46.5 Å². The summed E-state index contributed by atoms with van der Waals surface area (Å²) in [6, 6.07) is 0. The molecule has 0 fully saturated rings. The SMILES string of the molecule is CC=CC(=O)OCC(O)C[N+](C)(C)CCCCCCCCCCCCCCCC. The van der Waals surface area contributed by atoms with Gasteiger partial charge in [-0.3, -0.25) is 0 Å². The zero-order valence-corrected chi connectivity index (χ0v) is 20.0. The number of unbranched alkanes of at least 4 members (excludes halogenated alkanes) is 13. The minimum atomic E-state index is -0.606. The number of allylic oxidation sites excluding steroid dienone is 1. The van der Waals surface area contributed by atoms with E-state index in [1.54, 1.807) is 13.0 Å². The standard InChI is InChI=1S/C25H50NO3/c1-5-7-8-9-10-11-12-13-14-15-16-17-18-19-21-26(3,4)22-24(27)23-29-25(28)20-6-2/h6,20,24,27H,5,7-19,21-23H2,1-4H3/q+1. The summed E-state index contributed by atoms with van der Waals surface area (Å²) in [5.41, 5.74) is 0. The average molecular weight is 413 g/mol. The summed E-state index contributed by atoms with van der Waals surface area (Å²) in [6.45, 7) is 5.79. The lowest BCUT2D eigenvalue weighted by molar-refractivity contribution is -0.893. The van der Waals surface area contributed by atoms with Crippen LogP contribution in [0.4, 0.5) is 0 Å². The quantitative estimate of drug-likeness (QED) is 0.115. The second-order valence-corrected chi connectivity index (χ2v) is 9.22. The van der Waals surface area contributed by atoms with E-state index in [0.29, 0.717) is 6.54 Å². The van der Waals surface area contributed by atoms with Gasteiger partial charge in [-0.1, -0.05) is 90.0 Å². The molecule has 172 valence electrons. The molecule has 0 rings (SSSR count). The van der Waals surface area contributed by atoms with E-state index in [0.717, 1.165) is 11.0 Å². The van der Waals surface area contributed by atoms with Gasteiger partial charge in [0.2, 0.25) is 0 Å². The van der Waals surface area contributed by atoms with E-state index in [2.05, 4.69) is 21.0 Å². The molecule has 1 unspecified atom stereocenters. The van der Waals surface area contributed by atoms with Gasteiger partial charge in [-0.2, -0.15) is 0 Å². The highest BCUT2D eigenvalue weighted by molar-refractivity contribution is 5.81. The van der Waals surface area contributed by atoms with E-state index >= 15 is 0 Å². The third-order valence-corrected chi connectivity index (χ3v) is 5.54. The molecule has 0 aromatic heterocycles. The van der Waals surface area contributed by atoms with Gasteiger partial charge in [0.15, 0.2) is 0 Å². The number of rotatable bonds is 20. The molecule has 4 heteroatoms. The van der Waals surface area contributed by atoms with Crippen LogP contribution in [-0.2, 0) is 9.53 Å². The third-order valence-electron chi connectivity index (χ3n) is 5.54. The number of carbonyl (C=O) groups excluding carboxylic acids is 1. The van der Waals surface area contributed by atoms with Crippen molar-refractivity contribution < 1.29 is 19.1 Å². The van der Waals surface area contributed by atoms with Crippen LogP contribution in [0.1, 0.15) is 104 Å². The first-order valence-electron chi connectivity index (χ1n) is 12.2. The van der Waals surface area contributed by atoms with Gasteiger partial charge in [0.1, 0.15) is 19.3 Å². The lowest BCUT2D eigenvalue weighted by atomic mass is 10.0. The third kappa shape index (κ3) is 20.2. The predicted molar refractivity (Wildman–Crippen MR) is 124 cm³/mol. The lowest BCUT2D eigenvalue weighted by Gasteiger charge is -2.31. The van der Waals surface area contributed by atoms with Gasteiger partial charge in [-0.15, -0.1) is 0 Å². The highest BCUT2D eigenvalue weighted by Crippen LogP contribution is 2.13. The summed E-state index contributed by atoms with van der Waals surface area (Å²) in [7, 11) is 4.28. The highest BCUT2D eigenvalue weighted by atomic mass is 16.5. The maximum Gasteiger partial charge on any atom is 0.330 e. The molecule has 4 nitrogen and oxygen atoms in total. The van der Waals surface area contributed by atoms with E-state index in [9.17, 15) is 9.90 Å². The molecule has 0 amide bonds. The molecule has 0 heterocycles. The van der Waals surface area contributed by atoms with E-state index in [1.165, 1.54) is 96.0 Å². The Morgan fingerprint density at radius 1 is 0.862 bits per heavy atom. The molecule has 0 aromatic rings. The summed E-state index contributed by atoms with van der Waals surface area (Å²) >= 11 is 0. The first-order chi connectivity index (χ1) is 13.9. The van der Waals surface area contributed by atoms with E-state index in [1.807, 2.05) is 0 Å². The fourth-order valence-corrected chi connectivity index (χ4v) is 3.81. The van der Waals surface area contributed by atoms with Crippen molar-refractivity contribution in [2.75, 3.05) is 33.8 Å². The van der Waals surface area contributed by atoms with Crippen LogP contribution in [-0.4, -0.2) is 55.5 Å². The molecule has 29 heavy (non-hydrogen) atoms. The van der Waals surface area contributed by atoms with Crippen molar-refractivity contribution in [1.29, 1.82) is 0 Å². The normalized spacial score (nSPS) is 13.1. The van der Waals surface area contributed by atoms with Crippen LogP contribution in [0.25, 0.3) is 0 Å². The first-order valence-corrected chi connectivity index (χ1v) is 12.2. The molecule has 0 aliphatic carbocycles. The van der Waals surface area contributed by atoms with Gasteiger partial charge in [-0.25, -0.2) is 4.79 Å². The van der Waals surface area contributed by atoms with Crippen LogP contribution in [0.2, 0.25) is 0 Å². The maximum atomic E-state index is 11.3. The zero-order valence-electron chi connectivity index (χ0n) is 20.0. The van der Waals surface area contributed by atoms with Gasteiger partial charge in [-0.05, 0) is 19.8 Å². The van der Waals surface area contributed by atoms with Crippen LogP contribution < -0.4 is 0 Å². The summed E-state index contributed by atoms with van der Waals surface area (Å²) < 4.78 is 5.80. The Bertz CT molecular complexity index is 407. The Hall–Kier alpha value is -0.870. The molecule has 0 aliphatic heterocycles. The van der Waals surface area contributed by atoms with Crippen LogP contribution in [0, 0.1) is 0 Å². The Morgan fingerprint density at radius 3 is 1.76 bits per heavy atom. The van der Waals surface area contributed by atoms with Crippen molar-refractivity contribution in [3.8, 4) is 0 Å². The number of hydrogen-bond acceptors (Lipinski definition) is 3. The molecule has 0 aliphatic rings. The number of hydrogen-bond donors (Lipinski definition) is 1. The number of carbonyl (C=O) groups is 1. The number of nitrogens with zero attached hydrogens (tertiary/aromatic N) is 1. The predicted octanol–water partition coefficient (Wildman–Crippen LogP) is 6.02. The smallest absolute Gasteiger partial charge is 0.330 e. The summed E-state index contributed by atoms with van der Waals surface area (Å²) in [4.78, 5) is 11.3. The molecular formula is C25H50NO3+. The Morgan fingerprint density at radius 2 is 1.31 bits per heavy atom. The largest absolute Gasteiger partial charge is 0.460 e. The fraction of sp³-hybridized carbons (Fsp3) is 0.880. The summed E-state index contributed by atoms with van der Waals surface area (Å²) in [5, 5.41) is 10.1. The van der Waals surface area contributed by atoms with Crippen molar-refractivity contribution in [2.24, 2.45) is 0 Å². The number of aliphatic hydroxyl groups excluding tert-OH is 1.